The zero-order chi connectivity index (χ0) is 15.5. The SMILES string of the molecule is CS(=O)(=O)Cc1cccc(C(=O)Nc2sccc2C#N)c1. The number of rotatable bonds is 4. The molecular weight excluding hydrogens is 308 g/mol. The molecule has 1 amide bonds. The Labute approximate surface area is 126 Å². The van der Waals surface area contributed by atoms with Crippen LogP contribution in [0.2, 0.25) is 0 Å². The van der Waals surface area contributed by atoms with Crippen LogP contribution in [0, 0.1) is 11.3 Å². The normalized spacial score (nSPS) is 10.9. The van der Waals surface area contributed by atoms with Gasteiger partial charge in [0, 0.05) is 11.8 Å². The molecule has 5 nitrogen and oxygen atoms in total. The lowest BCUT2D eigenvalue weighted by molar-refractivity contribution is 0.102. The lowest BCUT2D eigenvalue weighted by Gasteiger charge is -2.05. The summed E-state index contributed by atoms with van der Waals surface area (Å²) < 4.78 is 22.6. The van der Waals surface area contributed by atoms with Gasteiger partial charge in [0.15, 0.2) is 9.84 Å². The third-order valence-corrected chi connectivity index (χ3v) is 4.32. The lowest BCUT2D eigenvalue weighted by atomic mass is 10.1. The summed E-state index contributed by atoms with van der Waals surface area (Å²) in [7, 11) is -3.15. The summed E-state index contributed by atoms with van der Waals surface area (Å²) >= 11 is 1.26. The maximum absolute atomic E-state index is 12.1. The second kappa shape index (κ2) is 6.08. The molecule has 0 aliphatic heterocycles. The number of sulfone groups is 1. The van der Waals surface area contributed by atoms with E-state index in [-0.39, 0.29) is 11.7 Å². The molecule has 2 rings (SSSR count). The number of hydrogen-bond donors (Lipinski definition) is 1. The van der Waals surface area contributed by atoms with Gasteiger partial charge in [0.1, 0.15) is 11.1 Å². The van der Waals surface area contributed by atoms with Gasteiger partial charge in [-0.2, -0.15) is 5.26 Å². The number of amides is 1. The second-order valence-electron chi connectivity index (χ2n) is 4.50. The lowest BCUT2D eigenvalue weighted by Crippen LogP contribution is -2.12. The Morgan fingerprint density at radius 2 is 2.14 bits per heavy atom. The fourth-order valence-electron chi connectivity index (χ4n) is 1.77. The number of hydrogen-bond acceptors (Lipinski definition) is 5. The highest BCUT2D eigenvalue weighted by atomic mass is 32.2. The number of nitriles is 1. The molecule has 1 heterocycles. The van der Waals surface area contributed by atoms with E-state index >= 15 is 0 Å². The number of benzene rings is 1. The summed E-state index contributed by atoms with van der Waals surface area (Å²) in [4.78, 5) is 12.1. The highest BCUT2D eigenvalue weighted by Gasteiger charge is 2.12. The Bertz CT molecular complexity index is 817. The minimum atomic E-state index is -3.15. The second-order valence-corrected chi connectivity index (χ2v) is 7.56. The molecule has 0 unspecified atom stereocenters. The van der Waals surface area contributed by atoms with Gasteiger partial charge in [0.05, 0.1) is 11.3 Å². The number of nitrogens with zero attached hydrogens (tertiary/aromatic N) is 1. The van der Waals surface area contributed by atoms with Crippen molar-refractivity contribution in [3.05, 3.63) is 52.4 Å². The zero-order valence-corrected chi connectivity index (χ0v) is 12.8. The van der Waals surface area contributed by atoms with Gasteiger partial charge in [0.2, 0.25) is 0 Å². The van der Waals surface area contributed by atoms with Crippen molar-refractivity contribution >= 4 is 32.1 Å². The highest BCUT2D eigenvalue weighted by Crippen LogP contribution is 2.23. The molecule has 0 aliphatic rings. The van der Waals surface area contributed by atoms with Gasteiger partial charge in [-0.3, -0.25) is 4.79 Å². The summed E-state index contributed by atoms with van der Waals surface area (Å²) in [5.74, 6) is -0.486. The van der Waals surface area contributed by atoms with E-state index in [1.54, 1.807) is 29.6 Å². The molecule has 21 heavy (non-hydrogen) atoms. The third-order valence-electron chi connectivity index (χ3n) is 2.63. The van der Waals surface area contributed by atoms with Gasteiger partial charge in [-0.1, -0.05) is 12.1 Å². The Hall–Kier alpha value is -2.17. The fraction of sp³-hybridized carbons (Fsp3) is 0.143. The van der Waals surface area contributed by atoms with Crippen LogP contribution in [-0.4, -0.2) is 20.6 Å². The van der Waals surface area contributed by atoms with Crippen LogP contribution in [0.25, 0.3) is 0 Å². The predicted octanol–water partition coefficient (Wildman–Crippen LogP) is 2.42. The summed E-state index contributed by atoms with van der Waals surface area (Å²) in [6.07, 6.45) is 1.14. The van der Waals surface area contributed by atoms with E-state index in [1.807, 2.05) is 6.07 Å². The topological polar surface area (TPSA) is 87.0 Å². The Balaban J connectivity index is 2.20. The number of anilines is 1. The molecule has 1 aromatic carbocycles. The third kappa shape index (κ3) is 4.15. The van der Waals surface area contributed by atoms with Crippen molar-refractivity contribution in [3.8, 4) is 6.07 Å². The first-order valence-electron chi connectivity index (χ1n) is 5.94. The molecule has 1 N–H and O–H groups in total. The van der Waals surface area contributed by atoms with Crippen LogP contribution < -0.4 is 5.32 Å². The van der Waals surface area contributed by atoms with Gasteiger partial charge < -0.3 is 5.32 Å². The van der Waals surface area contributed by atoms with Crippen LogP contribution in [0.1, 0.15) is 21.5 Å². The first-order valence-corrected chi connectivity index (χ1v) is 8.88. The van der Waals surface area contributed by atoms with E-state index in [9.17, 15) is 13.2 Å². The minimum absolute atomic E-state index is 0.115. The van der Waals surface area contributed by atoms with Crippen molar-refractivity contribution in [2.45, 2.75) is 5.75 Å². The van der Waals surface area contributed by atoms with Crippen LogP contribution in [0.3, 0.4) is 0 Å². The van der Waals surface area contributed by atoms with E-state index < -0.39 is 9.84 Å². The Morgan fingerprint density at radius 1 is 1.38 bits per heavy atom. The molecule has 0 bridgehead atoms. The average Bonchev–Trinajstić information content (AvgIpc) is 2.84. The largest absolute Gasteiger partial charge is 0.312 e. The number of thiophene rings is 1. The highest BCUT2D eigenvalue weighted by molar-refractivity contribution is 7.89. The first-order chi connectivity index (χ1) is 9.89. The van der Waals surface area contributed by atoms with Gasteiger partial charge in [-0.05, 0) is 29.1 Å². The average molecular weight is 320 g/mol. The summed E-state index contributed by atoms with van der Waals surface area (Å²) in [5, 5.41) is 13.8. The van der Waals surface area contributed by atoms with Gasteiger partial charge in [0.25, 0.3) is 5.91 Å². The molecule has 0 aliphatic carbocycles. The van der Waals surface area contributed by atoms with Crippen molar-refractivity contribution in [3.63, 3.8) is 0 Å². The number of carbonyl (C=O) groups is 1. The smallest absolute Gasteiger partial charge is 0.256 e. The van der Waals surface area contributed by atoms with Crippen LogP contribution in [0.4, 0.5) is 5.00 Å². The fourth-order valence-corrected chi connectivity index (χ4v) is 3.29. The van der Waals surface area contributed by atoms with Crippen LogP contribution in [-0.2, 0) is 15.6 Å². The van der Waals surface area contributed by atoms with Gasteiger partial charge >= 0.3 is 0 Å². The quantitative estimate of drug-likeness (QED) is 0.937. The maximum Gasteiger partial charge on any atom is 0.256 e. The molecular formula is C14H12N2O3S2. The molecule has 1 aromatic heterocycles. The molecule has 0 atom stereocenters. The molecule has 7 heteroatoms. The summed E-state index contributed by atoms with van der Waals surface area (Å²) in [5.41, 5.74) is 1.31. The Morgan fingerprint density at radius 3 is 2.81 bits per heavy atom. The molecule has 0 spiro atoms. The van der Waals surface area contributed by atoms with Crippen molar-refractivity contribution in [2.75, 3.05) is 11.6 Å². The van der Waals surface area contributed by atoms with Gasteiger partial charge in [-0.25, -0.2) is 8.42 Å². The maximum atomic E-state index is 12.1. The van der Waals surface area contributed by atoms with Crippen LogP contribution in [0.15, 0.2) is 35.7 Å². The zero-order valence-electron chi connectivity index (χ0n) is 11.2. The van der Waals surface area contributed by atoms with E-state index in [4.69, 9.17) is 5.26 Å². The van der Waals surface area contributed by atoms with E-state index in [0.29, 0.717) is 21.7 Å². The van der Waals surface area contributed by atoms with E-state index in [0.717, 1.165) is 6.26 Å². The molecule has 108 valence electrons. The van der Waals surface area contributed by atoms with E-state index in [2.05, 4.69) is 5.32 Å². The van der Waals surface area contributed by atoms with Gasteiger partial charge in [-0.15, -0.1) is 11.3 Å². The minimum Gasteiger partial charge on any atom is -0.312 e. The Kier molecular flexibility index (Phi) is 4.40. The standard InChI is InChI=1S/C14H12N2O3S2/c1-21(18,19)9-10-3-2-4-11(7-10)13(17)16-14-12(8-15)5-6-20-14/h2-7H,9H2,1H3,(H,16,17). The first kappa shape index (κ1) is 15.2. The molecule has 0 fully saturated rings. The molecule has 0 radical (unpaired) electrons. The summed E-state index contributed by atoms with van der Waals surface area (Å²) in [6.45, 7) is 0. The summed E-state index contributed by atoms with van der Waals surface area (Å²) in [6, 6.07) is 10.0. The predicted molar refractivity (Wildman–Crippen MR) is 82.0 cm³/mol. The van der Waals surface area contributed by atoms with E-state index in [1.165, 1.54) is 17.4 Å². The van der Waals surface area contributed by atoms with Crippen molar-refractivity contribution in [2.24, 2.45) is 0 Å². The number of carbonyl (C=O) groups excluding carboxylic acids is 1. The van der Waals surface area contributed by atoms with Crippen LogP contribution >= 0.6 is 11.3 Å². The molecule has 0 saturated carbocycles. The molecule has 2 aromatic rings. The number of nitrogens with one attached hydrogen (secondary N) is 1. The van der Waals surface area contributed by atoms with Crippen molar-refractivity contribution in [1.82, 2.24) is 0 Å². The monoisotopic (exact) mass is 320 g/mol. The molecule has 0 saturated heterocycles. The van der Waals surface area contributed by atoms with Crippen LogP contribution in [0.5, 0.6) is 0 Å². The van der Waals surface area contributed by atoms with Crippen molar-refractivity contribution in [1.29, 1.82) is 5.26 Å². The van der Waals surface area contributed by atoms with Crippen molar-refractivity contribution < 1.29 is 13.2 Å².